The Labute approximate surface area is 190 Å². The Morgan fingerprint density at radius 2 is 1.71 bits per heavy atom. The Bertz CT molecular complexity index is 1070. The Morgan fingerprint density at radius 1 is 1.09 bits per heavy atom. The monoisotopic (exact) mass is 485 g/mol. The van der Waals surface area contributed by atoms with Gasteiger partial charge in [-0.1, -0.05) is 12.1 Å². The molecule has 7 nitrogen and oxygen atoms in total. The van der Waals surface area contributed by atoms with Crippen molar-refractivity contribution >= 4 is 23.6 Å². The molecule has 0 aliphatic heterocycles. The summed E-state index contributed by atoms with van der Waals surface area (Å²) in [6, 6.07) is 3.94. The Kier molecular flexibility index (Phi) is 7.38. The first kappa shape index (κ1) is 24.9. The average molecular weight is 485 g/mol. The lowest BCUT2D eigenvalue weighted by atomic mass is 9.87. The molecule has 1 fully saturated rings. The third-order valence-electron chi connectivity index (χ3n) is 5.14. The second-order valence-corrected chi connectivity index (χ2v) is 7.60. The molecular weight excluding hydrogens is 465 g/mol. The van der Waals surface area contributed by atoms with Gasteiger partial charge in [0.05, 0.1) is 12.7 Å². The van der Waals surface area contributed by atoms with Crippen LogP contribution in [0, 0.1) is 17.5 Å². The smallest absolute Gasteiger partial charge is 0.407 e. The SMILES string of the molecule is COC(=O)NCC(=O)N(c1cccc(F)c1)C(C(=O)NC1CC(F)(F)C1)c1c(F)cccc1F. The van der Waals surface area contributed by atoms with Crippen LogP contribution in [0.2, 0.25) is 0 Å². The number of nitrogens with zero attached hydrogens (tertiary/aromatic N) is 1. The van der Waals surface area contributed by atoms with E-state index in [1.165, 1.54) is 12.1 Å². The van der Waals surface area contributed by atoms with Gasteiger partial charge in [-0.2, -0.15) is 0 Å². The van der Waals surface area contributed by atoms with Crippen LogP contribution in [0.3, 0.4) is 0 Å². The van der Waals surface area contributed by atoms with Crippen molar-refractivity contribution in [3.05, 3.63) is 65.5 Å². The highest BCUT2D eigenvalue weighted by Gasteiger charge is 2.47. The minimum Gasteiger partial charge on any atom is -0.453 e. The molecule has 1 saturated carbocycles. The van der Waals surface area contributed by atoms with Crippen molar-refractivity contribution in [2.45, 2.75) is 30.8 Å². The van der Waals surface area contributed by atoms with Gasteiger partial charge in [-0.3, -0.25) is 14.5 Å². The first-order valence-corrected chi connectivity index (χ1v) is 10.0. The van der Waals surface area contributed by atoms with Crippen molar-refractivity contribution in [2.75, 3.05) is 18.6 Å². The van der Waals surface area contributed by atoms with Gasteiger partial charge in [0.2, 0.25) is 11.8 Å². The maximum Gasteiger partial charge on any atom is 0.407 e. The molecule has 182 valence electrons. The number of amides is 3. The summed E-state index contributed by atoms with van der Waals surface area (Å²) in [6.07, 6.45) is -2.39. The Morgan fingerprint density at radius 3 is 2.26 bits per heavy atom. The number of hydrogen-bond acceptors (Lipinski definition) is 4. The van der Waals surface area contributed by atoms with Gasteiger partial charge < -0.3 is 15.4 Å². The molecule has 1 atom stereocenters. The van der Waals surface area contributed by atoms with E-state index in [1.807, 2.05) is 0 Å². The zero-order valence-corrected chi connectivity index (χ0v) is 17.8. The maximum absolute atomic E-state index is 14.8. The van der Waals surface area contributed by atoms with E-state index in [0.717, 1.165) is 37.4 Å². The molecule has 34 heavy (non-hydrogen) atoms. The van der Waals surface area contributed by atoms with Crippen LogP contribution >= 0.6 is 0 Å². The minimum atomic E-state index is -3.00. The van der Waals surface area contributed by atoms with E-state index in [0.29, 0.717) is 4.90 Å². The Balaban J connectivity index is 2.07. The molecule has 0 aromatic heterocycles. The quantitative estimate of drug-likeness (QED) is 0.589. The summed E-state index contributed by atoms with van der Waals surface area (Å²) >= 11 is 0. The molecule has 2 aromatic carbocycles. The molecule has 12 heteroatoms. The molecule has 0 heterocycles. The van der Waals surface area contributed by atoms with Crippen molar-refractivity contribution in [3.63, 3.8) is 0 Å². The van der Waals surface area contributed by atoms with Crippen LogP contribution in [-0.2, 0) is 14.3 Å². The van der Waals surface area contributed by atoms with Gasteiger partial charge in [0.1, 0.15) is 30.0 Å². The van der Waals surface area contributed by atoms with Gasteiger partial charge in [0, 0.05) is 24.6 Å². The fourth-order valence-corrected chi connectivity index (χ4v) is 3.56. The van der Waals surface area contributed by atoms with Crippen molar-refractivity contribution in [3.8, 4) is 0 Å². The lowest BCUT2D eigenvalue weighted by Crippen LogP contribution is -2.55. The summed E-state index contributed by atoms with van der Waals surface area (Å²) in [5.74, 6) is -8.46. The molecule has 0 bridgehead atoms. The van der Waals surface area contributed by atoms with Crippen molar-refractivity contribution < 1.29 is 41.1 Å². The normalized spacial score (nSPS) is 15.6. The zero-order chi connectivity index (χ0) is 25.0. The fourth-order valence-electron chi connectivity index (χ4n) is 3.56. The van der Waals surface area contributed by atoms with E-state index >= 15 is 0 Å². The van der Waals surface area contributed by atoms with E-state index in [2.05, 4.69) is 15.4 Å². The molecular formula is C22H20F5N3O4. The lowest BCUT2D eigenvalue weighted by Gasteiger charge is -2.38. The van der Waals surface area contributed by atoms with Crippen LogP contribution in [-0.4, -0.2) is 43.5 Å². The van der Waals surface area contributed by atoms with E-state index in [9.17, 15) is 36.3 Å². The van der Waals surface area contributed by atoms with Crippen LogP contribution in [0.1, 0.15) is 24.4 Å². The second-order valence-electron chi connectivity index (χ2n) is 7.60. The number of halogens is 5. The number of carbonyl (C=O) groups is 3. The largest absolute Gasteiger partial charge is 0.453 e. The number of methoxy groups -OCH3 is 1. The predicted molar refractivity (Wildman–Crippen MR) is 110 cm³/mol. The van der Waals surface area contributed by atoms with Crippen LogP contribution in [0.25, 0.3) is 0 Å². The van der Waals surface area contributed by atoms with Gasteiger partial charge in [-0.05, 0) is 30.3 Å². The van der Waals surface area contributed by atoms with Crippen LogP contribution in [0.4, 0.5) is 32.4 Å². The van der Waals surface area contributed by atoms with Gasteiger partial charge >= 0.3 is 6.09 Å². The molecule has 0 radical (unpaired) electrons. The second kappa shape index (κ2) is 10.1. The summed E-state index contributed by atoms with van der Waals surface area (Å²) in [6.45, 7) is -0.787. The number of rotatable bonds is 7. The first-order chi connectivity index (χ1) is 16.0. The average Bonchev–Trinajstić information content (AvgIpc) is 2.75. The number of anilines is 1. The lowest BCUT2D eigenvalue weighted by molar-refractivity contribution is -0.132. The fraction of sp³-hybridized carbons (Fsp3) is 0.318. The number of ether oxygens (including phenoxy) is 1. The van der Waals surface area contributed by atoms with Crippen molar-refractivity contribution in [1.29, 1.82) is 0 Å². The number of benzene rings is 2. The molecule has 1 aliphatic rings. The van der Waals surface area contributed by atoms with Gasteiger partial charge in [-0.15, -0.1) is 0 Å². The molecule has 1 unspecified atom stereocenters. The maximum atomic E-state index is 14.8. The number of hydrogen-bond donors (Lipinski definition) is 2. The Hall–Kier alpha value is -3.70. The summed E-state index contributed by atoms with van der Waals surface area (Å²) in [5.41, 5.74) is -1.12. The predicted octanol–water partition coefficient (Wildman–Crippen LogP) is 3.45. The molecule has 3 rings (SSSR count). The summed E-state index contributed by atoms with van der Waals surface area (Å²) in [4.78, 5) is 38.3. The van der Waals surface area contributed by atoms with Crippen molar-refractivity contribution in [1.82, 2.24) is 10.6 Å². The minimum absolute atomic E-state index is 0.265. The molecule has 0 saturated heterocycles. The zero-order valence-electron chi connectivity index (χ0n) is 17.8. The third kappa shape index (κ3) is 5.61. The summed E-state index contributed by atoms with van der Waals surface area (Å²) in [5, 5.41) is 4.35. The van der Waals surface area contributed by atoms with Crippen LogP contribution < -0.4 is 15.5 Å². The molecule has 3 amide bonds. The first-order valence-electron chi connectivity index (χ1n) is 10.0. The molecule has 2 N–H and O–H groups in total. The standard InChI is InChI=1S/C22H20F5N3O4/c1-34-21(33)28-11-17(31)30(14-5-2-4-12(23)8-14)19(18-15(24)6-3-7-16(18)25)20(32)29-13-9-22(26,27)10-13/h2-8,13,19H,9-11H2,1H3,(H,28,33)(H,29,32). The highest BCUT2D eigenvalue weighted by Crippen LogP contribution is 2.38. The summed E-state index contributed by atoms with van der Waals surface area (Å²) in [7, 11) is 1.03. The summed E-state index contributed by atoms with van der Waals surface area (Å²) < 4.78 is 74.4. The number of alkyl carbamates (subject to hydrolysis) is 1. The van der Waals surface area contributed by atoms with Crippen molar-refractivity contribution in [2.24, 2.45) is 0 Å². The third-order valence-corrected chi connectivity index (χ3v) is 5.14. The topological polar surface area (TPSA) is 87.7 Å². The highest BCUT2D eigenvalue weighted by molar-refractivity contribution is 6.03. The van der Waals surface area contributed by atoms with Gasteiger partial charge in [-0.25, -0.2) is 26.7 Å². The highest BCUT2D eigenvalue weighted by atomic mass is 19.3. The van der Waals surface area contributed by atoms with E-state index < -0.39 is 78.3 Å². The van der Waals surface area contributed by atoms with Gasteiger partial charge in [0.15, 0.2) is 0 Å². The van der Waals surface area contributed by atoms with Crippen LogP contribution in [0.15, 0.2) is 42.5 Å². The molecule has 2 aromatic rings. The number of carbonyl (C=O) groups excluding carboxylic acids is 3. The number of alkyl halides is 2. The van der Waals surface area contributed by atoms with E-state index in [4.69, 9.17) is 0 Å². The van der Waals surface area contributed by atoms with Crippen LogP contribution in [0.5, 0.6) is 0 Å². The molecule has 0 spiro atoms. The van der Waals surface area contributed by atoms with E-state index in [1.54, 1.807) is 0 Å². The van der Waals surface area contributed by atoms with E-state index in [-0.39, 0.29) is 5.69 Å². The number of nitrogens with one attached hydrogen (secondary N) is 2. The molecule has 1 aliphatic carbocycles. The van der Waals surface area contributed by atoms with Gasteiger partial charge in [0.25, 0.3) is 5.92 Å².